The number of aliphatic imine (C=N–C) groups is 1. The number of amides is 1. The highest BCUT2D eigenvalue weighted by Crippen LogP contribution is 2.29. The Morgan fingerprint density at radius 1 is 1.36 bits per heavy atom. The van der Waals surface area contributed by atoms with Gasteiger partial charge in [-0.3, -0.25) is 9.79 Å². The molecule has 138 valence electrons. The largest absolute Gasteiger partial charge is 0.357 e. The van der Waals surface area contributed by atoms with E-state index in [0.717, 1.165) is 31.3 Å². The van der Waals surface area contributed by atoms with Gasteiger partial charge in [-0.1, -0.05) is 12.1 Å². The van der Waals surface area contributed by atoms with E-state index >= 15 is 0 Å². The van der Waals surface area contributed by atoms with Crippen LogP contribution in [0.1, 0.15) is 31.1 Å². The third-order valence-electron chi connectivity index (χ3n) is 3.84. The molecular formula is C18H27FN4OS. The molecule has 1 aromatic carbocycles. The Labute approximate surface area is 153 Å². The lowest BCUT2D eigenvalue weighted by Gasteiger charge is -2.39. The first-order chi connectivity index (χ1) is 11.9. The summed E-state index contributed by atoms with van der Waals surface area (Å²) < 4.78 is 13.8. The van der Waals surface area contributed by atoms with Crippen molar-refractivity contribution in [3.63, 3.8) is 0 Å². The molecule has 1 heterocycles. The standard InChI is InChI=1S/C18H27FN4OS/c1-4-20-17(23-11-12-25-18(2,3)13-23)22-10-9-21-16(24)14-7-5-6-8-15(14)19/h5-8H,4,9-13H2,1-3H3,(H,20,22)(H,21,24). The fourth-order valence-electron chi connectivity index (χ4n) is 2.69. The van der Waals surface area contributed by atoms with E-state index in [-0.39, 0.29) is 10.3 Å². The Morgan fingerprint density at radius 2 is 2.12 bits per heavy atom. The minimum absolute atomic E-state index is 0.0631. The van der Waals surface area contributed by atoms with Crippen LogP contribution >= 0.6 is 11.8 Å². The van der Waals surface area contributed by atoms with E-state index in [2.05, 4.69) is 34.4 Å². The van der Waals surface area contributed by atoms with Gasteiger partial charge in [0.25, 0.3) is 5.91 Å². The fourth-order valence-corrected chi connectivity index (χ4v) is 3.81. The molecule has 0 bridgehead atoms. The van der Waals surface area contributed by atoms with Crippen LogP contribution in [-0.4, -0.2) is 60.0 Å². The van der Waals surface area contributed by atoms with Crippen molar-refractivity contribution in [2.45, 2.75) is 25.5 Å². The lowest BCUT2D eigenvalue weighted by Crippen LogP contribution is -2.51. The minimum Gasteiger partial charge on any atom is -0.357 e. The predicted octanol–water partition coefficient (Wildman–Crippen LogP) is 2.35. The van der Waals surface area contributed by atoms with Gasteiger partial charge in [-0.25, -0.2) is 4.39 Å². The second-order valence-electron chi connectivity index (χ2n) is 6.50. The highest BCUT2D eigenvalue weighted by Gasteiger charge is 2.28. The van der Waals surface area contributed by atoms with Crippen LogP contribution < -0.4 is 10.6 Å². The van der Waals surface area contributed by atoms with E-state index < -0.39 is 11.7 Å². The molecule has 1 aromatic rings. The van der Waals surface area contributed by atoms with Crippen molar-refractivity contribution in [2.24, 2.45) is 4.99 Å². The molecule has 1 aliphatic heterocycles. The number of halogens is 1. The van der Waals surface area contributed by atoms with Crippen LogP contribution in [0, 0.1) is 5.82 Å². The predicted molar refractivity (Wildman–Crippen MR) is 103 cm³/mol. The molecule has 0 aliphatic carbocycles. The zero-order valence-corrected chi connectivity index (χ0v) is 16.0. The van der Waals surface area contributed by atoms with Crippen LogP contribution in [0.2, 0.25) is 0 Å². The molecule has 1 amide bonds. The summed E-state index contributed by atoms with van der Waals surface area (Å²) in [6.07, 6.45) is 0. The van der Waals surface area contributed by atoms with Crippen LogP contribution in [0.5, 0.6) is 0 Å². The summed E-state index contributed by atoms with van der Waals surface area (Å²) in [4.78, 5) is 18.9. The van der Waals surface area contributed by atoms with E-state index in [1.165, 1.54) is 12.1 Å². The molecule has 1 saturated heterocycles. The van der Waals surface area contributed by atoms with Crippen molar-refractivity contribution in [1.82, 2.24) is 15.5 Å². The Kier molecular flexibility index (Phi) is 7.11. The van der Waals surface area contributed by atoms with Crippen LogP contribution in [-0.2, 0) is 0 Å². The van der Waals surface area contributed by atoms with Gasteiger partial charge in [0.15, 0.2) is 5.96 Å². The number of hydrogen-bond acceptors (Lipinski definition) is 3. The number of hydrogen-bond donors (Lipinski definition) is 2. The highest BCUT2D eigenvalue weighted by atomic mass is 32.2. The smallest absolute Gasteiger partial charge is 0.254 e. The summed E-state index contributed by atoms with van der Waals surface area (Å²) in [6.45, 7) is 10.0. The maximum atomic E-state index is 13.6. The lowest BCUT2D eigenvalue weighted by molar-refractivity contribution is 0.0950. The molecule has 1 fully saturated rings. The molecule has 5 nitrogen and oxygen atoms in total. The topological polar surface area (TPSA) is 56.7 Å². The van der Waals surface area contributed by atoms with E-state index in [0.29, 0.717) is 13.1 Å². The second-order valence-corrected chi connectivity index (χ2v) is 8.30. The summed E-state index contributed by atoms with van der Waals surface area (Å²) in [7, 11) is 0. The van der Waals surface area contributed by atoms with E-state index in [1.807, 2.05) is 18.7 Å². The highest BCUT2D eigenvalue weighted by molar-refractivity contribution is 8.00. The molecule has 0 atom stereocenters. The van der Waals surface area contributed by atoms with Gasteiger partial charge in [-0.05, 0) is 32.9 Å². The van der Waals surface area contributed by atoms with Gasteiger partial charge in [-0.15, -0.1) is 0 Å². The Morgan fingerprint density at radius 3 is 2.80 bits per heavy atom. The quantitative estimate of drug-likeness (QED) is 0.477. The third-order valence-corrected chi connectivity index (χ3v) is 5.13. The maximum absolute atomic E-state index is 13.6. The van der Waals surface area contributed by atoms with Crippen molar-refractivity contribution in [3.8, 4) is 0 Å². The van der Waals surface area contributed by atoms with E-state index in [1.54, 1.807) is 12.1 Å². The molecule has 0 radical (unpaired) electrons. The Hall–Kier alpha value is -1.76. The zero-order chi connectivity index (χ0) is 18.3. The SMILES string of the molecule is CCNC(=NCCNC(=O)c1ccccc1F)N1CCSC(C)(C)C1. The number of guanidine groups is 1. The van der Waals surface area contributed by atoms with E-state index in [4.69, 9.17) is 0 Å². The summed E-state index contributed by atoms with van der Waals surface area (Å²) in [6, 6.07) is 5.98. The van der Waals surface area contributed by atoms with Crippen LogP contribution in [0.3, 0.4) is 0 Å². The fraction of sp³-hybridized carbons (Fsp3) is 0.556. The summed E-state index contributed by atoms with van der Waals surface area (Å²) in [5.41, 5.74) is 0.0631. The molecule has 25 heavy (non-hydrogen) atoms. The number of carbonyl (C=O) groups excluding carboxylic acids is 1. The van der Waals surface area contributed by atoms with Crippen molar-refractivity contribution in [3.05, 3.63) is 35.6 Å². The number of nitrogens with zero attached hydrogens (tertiary/aromatic N) is 2. The van der Waals surface area contributed by atoms with Crippen LogP contribution in [0.4, 0.5) is 4.39 Å². The summed E-state index contributed by atoms with van der Waals surface area (Å²) >= 11 is 1.97. The van der Waals surface area contributed by atoms with Crippen molar-refractivity contribution in [2.75, 3.05) is 38.5 Å². The summed E-state index contributed by atoms with van der Waals surface area (Å²) in [5.74, 6) is 1.02. The molecule has 0 aromatic heterocycles. The van der Waals surface area contributed by atoms with Crippen molar-refractivity contribution in [1.29, 1.82) is 0 Å². The number of rotatable bonds is 5. The molecule has 7 heteroatoms. The molecule has 1 aliphatic rings. The molecule has 0 spiro atoms. The molecular weight excluding hydrogens is 339 g/mol. The van der Waals surface area contributed by atoms with Gasteiger partial charge in [0.1, 0.15) is 5.82 Å². The summed E-state index contributed by atoms with van der Waals surface area (Å²) in [5, 5.41) is 6.03. The number of nitrogens with one attached hydrogen (secondary N) is 2. The van der Waals surface area contributed by atoms with Gasteiger partial charge >= 0.3 is 0 Å². The molecule has 0 saturated carbocycles. The van der Waals surface area contributed by atoms with Gasteiger partial charge in [0.2, 0.25) is 0 Å². The molecule has 2 N–H and O–H groups in total. The van der Waals surface area contributed by atoms with Gasteiger partial charge in [-0.2, -0.15) is 11.8 Å². The normalized spacial score (nSPS) is 17.3. The van der Waals surface area contributed by atoms with Gasteiger partial charge in [0.05, 0.1) is 12.1 Å². The van der Waals surface area contributed by atoms with E-state index in [9.17, 15) is 9.18 Å². The van der Waals surface area contributed by atoms with Crippen LogP contribution in [0.25, 0.3) is 0 Å². The van der Waals surface area contributed by atoms with Crippen molar-refractivity contribution < 1.29 is 9.18 Å². The number of carbonyl (C=O) groups is 1. The zero-order valence-electron chi connectivity index (χ0n) is 15.1. The first kappa shape index (κ1) is 19.6. The minimum atomic E-state index is -0.509. The lowest BCUT2D eigenvalue weighted by atomic mass is 10.2. The van der Waals surface area contributed by atoms with Crippen LogP contribution in [0.15, 0.2) is 29.3 Å². The Bertz CT molecular complexity index is 621. The molecule has 2 rings (SSSR count). The third kappa shape index (κ3) is 5.92. The number of benzene rings is 1. The average Bonchev–Trinajstić information content (AvgIpc) is 2.57. The first-order valence-corrected chi connectivity index (χ1v) is 9.61. The average molecular weight is 367 g/mol. The number of thioether (sulfide) groups is 1. The maximum Gasteiger partial charge on any atom is 0.254 e. The molecule has 0 unspecified atom stereocenters. The Balaban J connectivity index is 1.89. The monoisotopic (exact) mass is 366 g/mol. The van der Waals surface area contributed by atoms with Gasteiger partial charge < -0.3 is 15.5 Å². The first-order valence-electron chi connectivity index (χ1n) is 8.63. The second kappa shape index (κ2) is 9.08. The van der Waals surface area contributed by atoms with Gasteiger partial charge in [0, 0.05) is 36.7 Å². The van der Waals surface area contributed by atoms with Crippen molar-refractivity contribution >= 4 is 23.6 Å².